The molecular weight excluding hydrogens is 270 g/mol. The molecule has 20 heavy (non-hydrogen) atoms. The van der Waals surface area contributed by atoms with Crippen molar-refractivity contribution in [1.29, 1.82) is 0 Å². The summed E-state index contributed by atoms with van der Waals surface area (Å²) in [6, 6.07) is 0. The summed E-state index contributed by atoms with van der Waals surface area (Å²) in [5.41, 5.74) is 5.11. The van der Waals surface area contributed by atoms with E-state index in [1.54, 1.807) is 0 Å². The lowest BCUT2D eigenvalue weighted by Gasteiger charge is -2.36. The first-order chi connectivity index (χ1) is 9.14. The van der Waals surface area contributed by atoms with Crippen LogP contribution in [0.25, 0.3) is 0 Å². The Morgan fingerprint density at radius 3 is 1.95 bits per heavy atom. The van der Waals surface area contributed by atoms with Crippen molar-refractivity contribution in [1.82, 2.24) is 10.2 Å². The number of nitrogens with two attached hydrogens (primary N) is 1. The zero-order valence-electron chi connectivity index (χ0n) is 13.9. The van der Waals surface area contributed by atoms with Gasteiger partial charge in [0.2, 0.25) is 5.91 Å². The van der Waals surface area contributed by atoms with Crippen LogP contribution in [0.2, 0.25) is 0 Å². The highest BCUT2D eigenvalue weighted by atomic mass is 32.1. The van der Waals surface area contributed by atoms with Crippen molar-refractivity contribution in [2.75, 3.05) is 20.6 Å². The maximum atomic E-state index is 12.7. The van der Waals surface area contributed by atoms with Crippen molar-refractivity contribution < 1.29 is 4.79 Å². The quantitative estimate of drug-likeness (QED) is 0.642. The van der Waals surface area contributed by atoms with E-state index in [9.17, 15) is 4.79 Å². The van der Waals surface area contributed by atoms with Crippen LogP contribution in [0.5, 0.6) is 0 Å². The van der Waals surface area contributed by atoms with Gasteiger partial charge in [0, 0.05) is 12.1 Å². The molecule has 5 heteroatoms. The second-order valence-corrected chi connectivity index (χ2v) is 6.78. The van der Waals surface area contributed by atoms with Crippen LogP contribution in [-0.4, -0.2) is 42.0 Å². The molecule has 0 bridgehead atoms. The highest BCUT2D eigenvalue weighted by molar-refractivity contribution is 7.80. The Bertz CT molecular complexity index is 334. The van der Waals surface area contributed by atoms with E-state index < -0.39 is 5.41 Å². The highest BCUT2D eigenvalue weighted by Gasteiger charge is 2.40. The number of nitrogens with zero attached hydrogens (tertiary/aromatic N) is 1. The molecule has 0 aromatic heterocycles. The molecule has 0 unspecified atom stereocenters. The van der Waals surface area contributed by atoms with Gasteiger partial charge >= 0.3 is 0 Å². The summed E-state index contributed by atoms with van der Waals surface area (Å²) in [5, 5.41) is 3.05. The third-order valence-electron chi connectivity index (χ3n) is 4.15. The number of rotatable bonds is 9. The molecule has 0 fully saturated rings. The molecule has 0 rings (SSSR count). The molecule has 1 amide bonds. The van der Waals surface area contributed by atoms with Crippen molar-refractivity contribution in [2.24, 2.45) is 11.1 Å². The van der Waals surface area contributed by atoms with Crippen LogP contribution in [0.1, 0.15) is 53.4 Å². The topological polar surface area (TPSA) is 58.4 Å². The van der Waals surface area contributed by atoms with Crippen LogP contribution in [0.3, 0.4) is 0 Å². The maximum absolute atomic E-state index is 12.7. The van der Waals surface area contributed by atoms with E-state index in [2.05, 4.69) is 37.9 Å². The first kappa shape index (κ1) is 19.3. The Labute approximate surface area is 129 Å². The lowest BCUT2D eigenvalue weighted by Crippen LogP contribution is -2.54. The lowest BCUT2D eigenvalue weighted by atomic mass is 9.78. The number of thiocarbonyl (C=S) groups is 1. The fraction of sp³-hybridized carbons (Fsp3) is 0.867. The minimum absolute atomic E-state index is 0.0244. The number of carbonyl (C=O) groups is 1. The van der Waals surface area contributed by atoms with Crippen LogP contribution >= 0.6 is 12.2 Å². The molecule has 0 aliphatic carbocycles. The molecule has 4 nitrogen and oxygen atoms in total. The van der Waals surface area contributed by atoms with Crippen LogP contribution in [-0.2, 0) is 4.79 Å². The van der Waals surface area contributed by atoms with E-state index >= 15 is 0 Å². The first-order valence-corrected chi connectivity index (χ1v) is 7.80. The maximum Gasteiger partial charge on any atom is 0.233 e. The zero-order chi connectivity index (χ0) is 16.0. The van der Waals surface area contributed by atoms with Gasteiger partial charge in [0.25, 0.3) is 0 Å². The van der Waals surface area contributed by atoms with Crippen molar-refractivity contribution in [3.63, 3.8) is 0 Å². The Morgan fingerprint density at radius 2 is 1.65 bits per heavy atom. The molecule has 0 aromatic rings. The normalized spacial score (nSPS) is 12.6. The van der Waals surface area contributed by atoms with Gasteiger partial charge < -0.3 is 16.0 Å². The lowest BCUT2D eigenvalue weighted by molar-refractivity contribution is -0.128. The Morgan fingerprint density at radius 1 is 1.20 bits per heavy atom. The van der Waals surface area contributed by atoms with Gasteiger partial charge in [-0.25, -0.2) is 0 Å². The summed E-state index contributed by atoms with van der Waals surface area (Å²) in [6.45, 7) is 8.88. The van der Waals surface area contributed by atoms with Crippen molar-refractivity contribution in [3.8, 4) is 0 Å². The predicted octanol–water partition coefficient (Wildman–Crippen LogP) is 2.32. The summed E-state index contributed by atoms with van der Waals surface area (Å²) < 4.78 is 0. The van der Waals surface area contributed by atoms with E-state index in [4.69, 9.17) is 18.0 Å². The Hall–Kier alpha value is -0.680. The molecule has 0 radical (unpaired) electrons. The van der Waals surface area contributed by atoms with Crippen molar-refractivity contribution in [3.05, 3.63) is 0 Å². The minimum Gasteiger partial charge on any atom is -0.392 e. The van der Waals surface area contributed by atoms with Gasteiger partial charge in [-0.15, -0.1) is 0 Å². The third kappa shape index (κ3) is 4.70. The van der Waals surface area contributed by atoms with Crippen LogP contribution in [0, 0.1) is 5.41 Å². The summed E-state index contributed by atoms with van der Waals surface area (Å²) in [5.74, 6) is -0.0244. The average molecular weight is 302 g/mol. The van der Waals surface area contributed by atoms with Gasteiger partial charge in [0.15, 0.2) is 0 Å². The molecule has 0 saturated heterocycles. The summed E-state index contributed by atoms with van der Waals surface area (Å²) >= 11 is 5.20. The Kier molecular flexibility index (Phi) is 7.66. The molecule has 0 atom stereocenters. The van der Waals surface area contributed by atoms with Crippen LogP contribution in [0.15, 0.2) is 0 Å². The highest BCUT2D eigenvalue weighted by Crippen LogP contribution is 2.31. The van der Waals surface area contributed by atoms with Gasteiger partial charge in [-0.05, 0) is 40.8 Å². The average Bonchev–Trinajstić information content (AvgIpc) is 2.35. The second-order valence-electron chi connectivity index (χ2n) is 6.34. The summed E-state index contributed by atoms with van der Waals surface area (Å²) in [4.78, 5) is 15.1. The van der Waals surface area contributed by atoms with Gasteiger partial charge in [-0.3, -0.25) is 4.79 Å². The van der Waals surface area contributed by atoms with E-state index in [1.165, 1.54) is 0 Å². The van der Waals surface area contributed by atoms with Gasteiger partial charge in [-0.1, -0.05) is 38.9 Å². The zero-order valence-corrected chi connectivity index (χ0v) is 14.7. The standard InChI is InChI=1S/C15H31N3OS/c1-7-9-15(10-8-2,12(16)20)13(19)17-11-14(3,4)18(5)6/h7-11H2,1-6H3,(H2,16,20)(H,17,19). The molecule has 0 aliphatic heterocycles. The number of amides is 1. The number of nitrogens with one attached hydrogen (secondary N) is 1. The predicted molar refractivity (Wildman–Crippen MR) is 89.8 cm³/mol. The van der Waals surface area contributed by atoms with Crippen LogP contribution < -0.4 is 11.1 Å². The molecule has 0 aromatic carbocycles. The summed E-state index contributed by atoms with van der Waals surface area (Å²) in [7, 11) is 4.01. The molecule has 0 spiro atoms. The molecule has 118 valence electrons. The molecule has 3 N–H and O–H groups in total. The largest absolute Gasteiger partial charge is 0.392 e. The molecule has 0 saturated carbocycles. The number of hydrogen-bond acceptors (Lipinski definition) is 3. The monoisotopic (exact) mass is 301 g/mol. The fourth-order valence-corrected chi connectivity index (χ4v) is 2.48. The second kappa shape index (κ2) is 7.93. The third-order valence-corrected chi connectivity index (χ3v) is 4.54. The Balaban J connectivity index is 5.02. The number of hydrogen-bond donors (Lipinski definition) is 2. The SMILES string of the molecule is CCCC(CCC)(C(=O)NCC(C)(C)N(C)C)C(N)=S. The van der Waals surface area contributed by atoms with E-state index in [1.807, 2.05) is 14.1 Å². The molecular formula is C15H31N3OS. The first-order valence-electron chi connectivity index (χ1n) is 7.39. The van der Waals surface area contributed by atoms with Crippen molar-refractivity contribution in [2.45, 2.75) is 58.9 Å². The minimum atomic E-state index is -0.693. The van der Waals surface area contributed by atoms with E-state index in [0.29, 0.717) is 24.4 Å². The molecule has 0 aliphatic rings. The van der Waals surface area contributed by atoms with Crippen LogP contribution in [0.4, 0.5) is 0 Å². The smallest absolute Gasteiger partial charge is 0.233 e. The fourth-order valence-electron chi connectivity index (χ4n) is 2.19. The van der Waals surface area contributed by atoms with Crippen molar-refractivity contribution >= 4 is 23.1 Å². The van der Waals surface area contributed by atoms with Gasteiger partial charge in [0.1, 0.15) is 0 Å². The van der Waals surface area contributed by atoms with E-state index in [-0.39, 0.29) is 11.4 Å². The molecule has 0 heterocycles. The summed E-state index contributed by atoms with van der Waals surface area (Å²) in [6.07, 6.45) is 3.21. The number of carbonyl (C=O) groups excluding carboxylic acids is 1. The van der Waals surface area contributed by atoms with Gasteiger partial charge in [0.05, 0.1) is 10.4 Å². The van der Waals surface area contributed by atoms with E-state index in [0.717, 1.165) is 12.8 Å². The number of likely N-dealkylation sites (N-methyl/N-ethyl adjacent to an activating group) is 1. The van der Waals surface area contributed by atoms with Gasteiger partial charge in [-0.2, -0.15) is 0 Å².